The second kappa shape index (κ2) is 7.48. The molecule has 1 saturated carbocycles. The minimum Gasteiger partial charge on any atom is -0.335 e. The third kappa shape index (κ3) is 3.71. The number of nitrogens with zero attached hydrogens (tertiary/aromatic N) is 2. The molecular formula is C21H25N5O. The van der Waals surface area contributed by atoms with Crippen molar-refractivity contribution < 1.29 is 4.79 Å². The number of carbonyl (C=O) groups is 1. The van der Waals surface area contributed by atoms with Crippen molar-refractivity contribution in [2.75, 3.05) is 5.32 Å². The number of amides is 1. The number of pyridine rings is 1. The van der Waals surface area contributed by atoms with E-state index >= 15 is 0 Å². The number of nitrogens with one attached hydrogen (secondary N) is 2. The van der Waals surface area contributed by atoms with Gasteiger partial charge in [-0.2, -0.15) is 0 Å². The van der Waals surface area contributed by atoms with Gasteiger partial charge < -0.3 is 16.0 Å². The summed E-state index contributed by atoms with van der Waals surface area (Å²) in [5, 5.41) is 3.08. The minimum atomic E-state index is 0.0414. The van der Waals surface area contributed by atoms with E-state index < -0.39 is 0 Å². The molecule has 4 N–H and O–H groups in total. The maximum absolute atomic E-state index is 12.8. The Bertz CT molecular complexity index is 926. The Morgan fingerprint density at radius 3 is 2.63 bits per heavy atom. The van der Waals surface area contributed by atoms with Crippen LogP contribution in [0, 0.1) is 11.8 Å². The Morgan fingerprint density at radius 2 is 1.93 bits per heavy atom. The molecule has 1 fully saturated rings. The maximum atomic E-state index is 12.8. The Labute approximate surface area is 158 Å². The molecular weight excluding hydrogens is 338 g/mol. The van der Waals surface area contributed by atoms with Crippen LogP contribution in [0.5, 0.6) is 0 Å². The fourth-order valence-electron chi connectivity index (χ4n) is 3.89. The summed E-state index contributed by atoms with van der Waals surface area (Å²) < 4.78 is 0. The lowest BCUT2D eigenvalue weighted by Crippen LogP contribution is -2.33. The van der Waals surface area contributed by atoms with Gasteiger partial charge in [0.25, 0.3) is 0 Å². The Hall–Kier alpha value is -2.73. The summed E-state index contributed by atoms with van der Waals surface area (Å²) in [5.74, 6) is 1.39. The highest BCUT2D eigenvalue weighted by atomic mass is 16.1. The molecule has 1 aliphatic carbocycles. The van der Waals surface area contributed by atoms with Gasteiger partial charge in [-0.3, -0.25) is 4.79 Å². The van der Waals surface area contributed by atoms with E-state index in [4.69, 9.17) is 5.73 Å². The van der Waals surface area contributed by atoms with E-state index in [1.165, 1.54) is 0 Å². The lowest BCUT2D eigenvalue weighted by Gasteiger charge is -2.29. The van der Waals surface area contributed by atoms with Crippen LogP contribution in [0.2, 0.25) is 0 Å². The summed E-state index contributed by atoms with van der Waals surface area (Å²) in [6.45, 7) is 2.06. The van der Waals surface area contributed by atoms with Gasteiger partial charge in [0.05, 0.1) is 5.69 Å². The molecule has 1 amide bonds. The van der Waals surface area contributed by atoms with Crippen LogP contribution >= 0.6 is 0 Å². The van der Waals surface area contributed by atoms with Gasteiger partial charge in [-0.15, -0.1) is 0 Å². The van der Waals surface area contributed by atoms with Crippen LogP contribution in [0.1, 0.15) is 32.6 Å². The number of aromatic amines is 1. The predicted molar refractivity (Wildman–Crippen MR) is 107 cm³/mol. The summed E-state index contributed by atoms with van der Waals surface area (Å²) in [6.07, 6.45) is 5.50. The molecule has 0 saturated heterocycles. The summed E-state index contributed by atoms with van der Waals surface area (Å²) in [5.41, 5.74) is 9.09. The number of hydrogen-bond donors (Lipinski definition) is 3. The fraction of sp³-hybridized carbons (Fsp3) is 0.381. The van der Waals surface area contributed by atoms with Gasteiger partial charge in [0, 0.05) is 23.7 Å². The molecule has 4 rings (SSSR count). The number of anilines is 1. The second-order valence-electron chi connectivity index (χ2n) is 7.47. The first kappa shape index (κ1) is 17.7. The molecule has 3 aromatic rings. The topological polar surface area (TPSA) is 96.7 Å². The standard InChI is InChI=1S/C21H25N5O/c1-13(22)14-7-9-16(10-8-14)21(27)24-17-11-12-23-20-18(17)25-19(26-20)15-5-3-2-4-6-15/h2-6,11-14,16H,7-10,22H2,1H3,(H2,23,24,25,26,27). The molecule has 6 heteroatoms. The second-order valence-corrected chi connectivity index (χ2v) is 7.47. The molecule has 6 nitrogen and oxygen atoms in total. The van der Waals surface area contributed by atoms with Crippen molar-refractivity contribution in [2.45, 2.75) is 38.6 Å². The highest BCUT2D eigenvalue weighted by Gasteiger charge is 2.28. The van der Waals surface area contributed by atoms with Gasteiger partial charge in [-0.25, -0.2) is 9.97 Å². The van der Waals surface area contributed by atoms with Crippen LogP contribution in [0.25, 0.3) is 22.6 Å². The number of fused-ring (bicyclic) bond motifs is 1. The maximum Gasteiger partial charge on any atom is 0.227 e. The lowest BCUT2D eigenvalue weighted by molar-refractivity contribution is -0.121. The van der Waals surface area contributed by atoms with E-state index in [9.17, 15) is 4.79 Å². The van der Waals surface area contributed by atoms with Crippen molar-refractivity contribution in [1.29, 1.82) is 0 Å². The van der Waals surface area contributed by atoms with Crippen molar-refractivity contribution in [3.63, 3.8) is 0 Å². The van der Waals surface area contributed by atoms with Crippen molar-refractivity contribution >= 4 is 22.8 Å². The van der Waals surface area contributed by atoms with Crippen LogP contribution in [-0.4, -0.2) is 26.9 Å². The van der Waals surface area contributed by atoms with Crippen LogP contribution < -0.4 is 11.1 Å². The molecule has 2 heterocycles. The first-order valence-electron chi connectivity index (χ1n) is 9.58. The highest BCUT2D eigenvalue weighted by Crippen LogP contribution is 2.32. The van der Waals surface area contributed by atoms with E-state index in [1.54, 1.807) is 6.20 Å². The highest BCUT2D eigenvalue weighted by molar-refractivity contribution is 6.00. The van der Waals surface area contributed by atoms with E-state index in [1.807, 2.05) is 36.4 Å². The Morgan fingerprint density at radius 1 is 1.19 bits per heavy atom. The summed E-state index contributed by atoms with van der Waals surface area (Å²) in [6, 6.07) is 11.9. The molecule has 1 aromatic carbocycles. The number of rotatable bonds is 4. The zero-order valence-electron chi connectivity index (χ0n) is 15.5. The van der Waals surface area contributed by atoms with Gasteiger partial charge in [0.15, 0.2) is 5.65 Å². The third-order valence-electron chi connectivity index (χ3n) is 5.58. The van der Waals surface area contributed by atoms with Gasteiger partial charge in [-0.05, 0) is 44.6 Å². The fourth-order valence-corrected chi connectivity index (χ4v) is 3.89. The third-order valence-corrected chi connectivity index (χ3v) is 5.58. The van der Waals surface area contributed by atoms with Crippen LogP contribution in [-0.2, 0) is 4.79 Å². The first-order chi connectivity index (χ1) is 13.1. The monoisotopic (exact) mass is 363 g/mol. The lowest BCUT2D eigenvalue weighted by atomic mass is 9.79. The smallest absolute Gasteiger partial charge is 0.227 e. The average molecular weight is 363 g/mol. The van der Waals surface area contributed by atoms with Crippen molar-refractivity contribution in [2.24, 2.45) is 17.6 Å². The van der Waals surface area contributed by atoms with Crippen LogP contribution in [0.4, 0.5) is 5.69 Å². The Kier molecular flexibility index (Phi) is 4.90. The number of H-pyrrole nitrogens is 1. The molecule has 27 heavy (non-hydrogen) atoms. The van der Waals surface area contributed by atoms with Crippen molar-refractivity contribution in [3.05, 3.63) is 42.6 Å². The number of carbonyl (C=O) groups excluding carboxylic acids is 1. The molecule has 2 aromatic heterocycles. The van der Waals surface area contributed by atoms with Crippen LogP contribution in [0.15, 0.2) is 42.6 Å². The van der Waals surface area contributed by atoms with E-state index in [0.717, 1.165) is 48.3 Å². The van der Waals surface area contributed by atoms with Gasteiger partial charge >= 0.3 is 0 Å². The Balaban J connectivity index is 1.52. The molecule has 140 valence electrons. The molecule has 0 bridgehead atoms. The van der Waals surface area contributed by atoms with Gasteiger partial charge in [-0.1, -0.05) is 30.3 Å². The first-order valence-corrected chi connectivity index (χ1v) is 9.58. The van der Waals surface area contributed by atoms with Gasteiger partial charge in [0.1, 0.15) is 11.3 Å². The normalized spacial score (nSPS) is 21.1. The number of aromatic nitrogens is 3. The minimum absolute atomic E-state index is 0.0414. The summed E-state index contributed by atoms with van der Waals surface area (Å²) in [7, 11) is 0. The average Bonchev–Trinajstić information content (AvgIpc) is 3.14. The predicted octanol–water partition coefficient (Wildman–Crippen LogP) is 3.72. The zero-order valence-corrected chi connectivity index (χ0v) is 15.5. The molecule has 0 radical (unpaired) electrons. The van der Waals surface area contributed by atoms with Crippen molar-refractivity contribution in [3.8, 4) is 11.4 Å². The van der Waals surface area contributed by atoms with E-state index in [2.05, 4.69) is 27.2 Å². The molecule has 1 aliphatic rings. The van der Waals surface area contributed by atoms with E-state index in [0.29, 0.717) is 11.6 Å². The molecule has 0 spiro atoms. The zero-order chi connectivity index (χ0) is 18.8. The summed E-state index contributed by atoms with van der Waals surface area (Å²) >= 11 is 0. The molecule has 1 atom stereocenters. The number of nitrogens with two attached hydrogens (primary N) is 1. The van der Waals surface area contributed by atoms with E-state index in [-0.39, 0.29) is 17.9 Å². The SMILES string of the molecule is CC(N)C1CCC(C(=O)Nc2ccnc3nc(-c4ccccc4)[nH]c23)CC1. The quantitative estimate of drug-likeness (QED) is 0.658. The molecule has 0 aliphatic heterocycles. The summed E-state index contributed by atoms with van der Waals surface area (Å²) in [4.78, 5) is 25.0. The largest absolute Gasteiger partial charge is 0.335 e. The number of benzene rings is 1. The number of imidazole rings is 1. The number of hydrogen-bond acceptors (Lipinski definition) is 4. The van der Waals surface area contributed by atoms with Crippen LogP contribution in [0.3, 0.4) is 0 Å². The van der Waals surface area contributed by atoms with Crippen molar-refractivity contribution in [1.82, 2.24) is 15.0 Å². The van der Waals surface area contributed by atoms with Gasteiger partial charge in [0.2, 0.25) is 5.91 Å². The molecule has 1 unspecified atom stereocenters.